The van der Waals surface area contributed by atoms with E-state index in [0.717, 1.165) is 28.2 Å². The molecule has 1 atom stereocenters. The first kappa shape index (κ1) is 28.8. The Morgan fingerprint density at radius 3 is 2.09 bits per heavy atom. The number of fused-ring (bicyclic) bond motifs is 5. The van der Waals surface area contributed by atoms with Crippen molar-refractivity contribution in [3.05, 3.63) is 139 Å². The standard InChI is InChI=1S/C38H35N5.Pt/c1-37(2,3)26-20-27(22-29(21-26)42-19-17-40(6)25-42)38(4)32-12-9-11-31-30-10-7-8-13-34(30)43(36(31)32)35-15-14-28(23-33(35)38)41-18-16-39(5)24-41;/h7-21,24-25H,1-6H3;/q-4;+4. The molecule has 4 heterocycles. The van der Waals surface area contributed by atoms with E-state index in [0.29, 0.717) is 0 Å². The van der Waals surface area contributed by atoms with Crippen LogP contribution in [0.4, 0.5) is 11.4 Å². The average Bonchev–Trinajstić information content (AvgIpc) is 3.72. The van der Waals surface area contributed by atoms with Crippen LogP contribution < -0.4 is 9.80 Å². The molecule has 0 saturated carbocycles. The maximum Gasteiger partial charge on any atom is 4.00 e. The van der Waals surface area contributed by atoms with E-state index < -0.39 is 5.41 Å². The molecule has 0 aliphatic carbocycles. The van der Waals surface area contributed by atoms with Gasteiger partial charge in [0, 0.05) is 27.2 Å². The molecule has 3 aliphatic rings. The Bertz CT molecular complexity index is 2000. The predicted molar refractivity (Wildman–Crippen MR) is 177 cm³/mol. The monoisotopic (exact) mass is 756 g/mol. The molecule has 6 heteroatoms. The molecule has 0 saturated heterocycles. The van der Waals surface area contributed by atoms with E-state index in [4.69, 9.17) is 0 Å². The van der Waals surface area contributed by atoms with Crippen molar-refractivity contribution in [2.24, 2.45) is 0 Å². The summed E-state index contributed by atoms with van der Waals surface area (Å²) in [5.74, 6) is 0. The smallest absolute Gasteiger partial charge is 0.510 e. The first-order chi connectivity index (χ1) is 20.6. The van der Waals surface area contributed by atoms with Crippen LogP contribution in [0, 0.1) is 25.5 Å². The third kappa shape index (κ3) is 4.16. The van der Waals surface area contributed by atoms with Crippen LogP contribution in [0.25, 0.3) is 27.5 Å². The summed E-state index contributed by atoms with van der Waals surface area (Å²) in [6, 6.07) is 32.5. The Balaban J connectivity index is 0.00000312. The van der Waals surface area contributed by atoms with Crippen molar-refractivity contribution in [1.29, 1.82) is 0 Å². The van der Waals surface area contributed by atoms with Crippen molar-refractivity contribution in [3.63, 3.8) is 0 Å². The van der Waals surface area contributed by atoms with E-state index in [2.05, 4.69) is 176 Å². The maximum atomic E-state index is 3.94. The second-order valence-corrected chi connectivity index (χ2v) is 13.2. The second kappa shape index (κ2) is 10.0. The Morgan fingerprint density at radius 2 is 1.41 bits per heavy atom. The number of anilines is 2. The second-order valence-electron chi connectivity index (χ2n) is 13.2. The fourth-order valence-corrected chi connectivity index (χ4v) is 6.86. The van der Waals surface area contributed by atoms with Gasteiger partial charge >= 0.3 is 21.1 Å². The Kier molecular flexibility index (Phi) is 6.57. The zero-order valence-corrected chi connectivity index (χ0v) is 28.1. The van der Waals surface area contributed by atoms with Gasteiger partial charge in [-0.1, -0.05) is 69.8 Å². The van der Waals surface area contributed by atoms with Gasteiger partial charge in [0.1, 0.15) is 0 Å². The summed E-state index contributed by atoms with van der Waals surface area (Å²) < 4.78 is 2.45. The normalized spacial score (nSPS) is 19.0. The molecule has 222 valence electrons. The number of hydrogen-bond donors (Lipinski definition) is 0. The fourth-order valence-electron chi connectivity index (χ4n) is 6.86. The molecule has 8 rings (SSSR count). The molecule has 4 aromatic carbocycles. The summed E-state index contributed by atoms with van der Waals surface area (Å²) in [5.41, 5.74) is 9.97. The molecule has 0 spiro atoms. The summed E-state index contributed by atoms with van der Waals surface area (Å²) in [5, 5.41) is 2.54. The minimum absolute atomic E-state index is 0. The quantitative estimate of drug-likeness (QED) is 0.174. The van der Waals surface area contributed by atoms with Crippen LogP contribution in [0.15, 0.2) is 91.5 Å². The number of hydrogen-bond acceptors (Lipinski definition) is 4. The molecule has 0 radical (unpaired) electrons. The molecule has 5 nitrogen and oxygen atoms in total. The molecular weight excluding hydrogens is 722 g/mol. The first-order valence-electron chi connectivity index (χ1n) is 14.9. The predicted octanol–water partition coefficient (Wildman–Crippen LogP) is 8.03. The molecule has 1 aromatic heterocycles. The van der Waals surface area contributed by atoms with Crippen LogP contribution in [-0.2, 0) is 31.9 Å². The molecule has 0 fully saturated rings. The van der Waals surface area contributed by atoms with Crippen LogP contribution in [0.3, 0.4) is 0 Å². The van der Waals surface area contributed by atoms with Gasteiger partial charge in [-0.3, -0.25) is 0 Å². The summed E-state index contributed by atoms with van der Waals surface area (Å²) >= 11 is 0. The zero-order chi connectivity index (χ0) is 29.7. The first-order valence-corrected chi connectivity index (χ1v) is 14.9. The average molecular weight is 757 g/mol. The van der Waals surface area contributed by atoms with E-state index in [1.165, 1.54) is 32.9 Å². The summed E-state index contributed by atoms with van der Waals surface area (Å²) in [7, 11) is 4.11. The number of para-hydroxylation sites is 2. The molecule has 5 aromatic rings. The molecule has 0 amide bonds. The van der Waals surface area contributed by atoms with Gasteiger partial charge in [0.05, 0.1) is 0 Å². The van der Waals surface area contributed by atoms with Gasteiger partial charge in [0.15, 0.2) is 0 Å². The Morgan fingerprint density at radius 1 is 0.727 bits per heavy atom. The van der Waals surface area contributed by atoms with Gasteiger partial charge in [0.25, 0.3) is 0 Å². The molecular formula is C38H35N5Pt. The van der Waals surface area contributed by atoms with Crippen LogP contribution >= 0.6 is 0 Å². The third-order valence-corrected chi connectivity index (χ3v) is 9.24. The van der Waals surface area contributed by atoms with Crippen LogP contribution in [0.2, 0.25) is 0 Å². The number of aromatic nitrogens is 1. The van der Waals surface area contributed by atoms with Gasteiger partial charge in [-0.15, -0.1) is 40.7 Å². The van der Waals surface area contributed by atoms with Crippen LogP contribution in [-0.4, -0.2) is 28.5 Å². The maximum absolute atomic E-state index is 3.94. The fraction of sp³-hybridized carbons (Fsp3) is 0.211. The van der Waals surface area contributed by atoms with Crippen molar-refractivity contribution in [1.82, 2.24) is 14.4 Å². The van der Waals surface area contributed by atoms with E-state index in [1.54, 1.807) is 0 Å². The van der Waals surface area contributed by atoms with Crippen molar-refractivity contribution in [2.75, 3.05) is 23.9 Å². The third-order valence-electron chi connectivity index (χ3n) is 9.24. The van der Waals surface area contributed by atoms with Gasteiger partial charge in [-0.2, -0.15) is 37.1 Å². The topological polar surface area (TPSA) is 17.9 Å². The van der Waals surface area contributed by atoms with Crippen molar-refractivity contribution in [2.45, 2.75) is 38.5 Å². The van der Waals surface area contributed by atoms with E-state index >= 15 is 0 Å². The molecule has 3 aliphatic heterocycles. The minimum atomic E-state index is -0.518. The number of benzene rings is 4. The van der Waals surface area contributed by atoms with Crippen molar-refractivity contribution in [3.8, 4) is 5.69 Å². The van der Waals surface area contributed by atoms with Crippen LogP contribution in [0.5, 0.6) is 0 Å². The summed E-state index contributed by atoms with van der Waals surface area (Å²) in [4.78, 5) is 8.45. The Labute approximate surface area is 274 Å². The summed E-state index contributed by atoms with van der Waals surface area (Å²) in [6.07, 6.45) is 8.33. The Hall–Kier alpha value is -3.95. The molecule has 0 N–H and O–H groups in total. The number of rotatable bonds is 3. The molecule has 44 heavy (non-hydrogen) atoms. The largest absolute Gasteiger partial charge is 4.00 e. The van der Waals surface area contributed by atoms with Gasteiger partial charge in [-0.25, -0.2) is 0 Å². The molecule has 0 bridgehead atoms. The van der Waals surface area contributed by atoms with Gasteiger partial charge in [0.2, 0.25) is 0 Å². The van der Waals surface area contributed by atoms with E-state index in [9.17, 15) is 0 Å². The van der Waals surface area contributed by atoms with Gasteiger partial charge in [-0.05, 0) is 55.9 Å². The van der Waals surface area contributed by atoms with Crippen molar-refractivity contribution >= 4 is 33.2 Å². The molecule has 1 unspecified atom stereocenters. The zero-order valence-electron chi connectivity index (χ0n) is 25.9. The van der Waals surface area contributed by atoms with Crippen molar-refractivity contribution < 1.29 is 21.1 Å². The number of nitrogens with zero attached hydrogens (tertiary/aromatic N) is 5. The van der Waals surface area contributed by atoms with Crippen LogP contribution in [0.1, 0.15) is 49.9 Å². The summed E-state index contributed by atoms with van der Waals surface area (Å²) in [6.45, 7) is 13.4. The van der Waals surface area contributed by atoms with E-state index in [-0.39, 0.29) is 26.5 Å². The van der Waals surface area contributed by atoms with E-state index in [1.807, 2.05) is 7.05 Å². The van der Waals surface area contributed by atoms with Gasteiger partial charge < -0.3 is 24.2 Å². The minimum Gasteiger partial charge on any atom is -0.510 e. The SMILES string of the molecule is CN1C=CN(c2[c-]c3c(cc2)-n2c4ccccc4c4cccc(c42)C3(C)c2[c-]c(N3C=CN(C)[CH-]3)cc(C(C)(C)C)c2)[CH-]1.[Pt+4].